The van der Waals surface area contributed by atoms with Gasteiger partial charge >= 0.3 is 5.97 Å². The van der Waals surface area contributed by atoms with Gasteiger partial charge in [0.25, 0.3) is 11.6 Å². The molecule has 0 aromatic heterocycles. The molecule has 0 bridgehead atoms. The summed E-state index contributed by atoms with van der Waals surface area (Å²) in [5, 5.41) is 19.9. The van der Waals surface area contributed by atoms with Crippen molar-refractivity contribution < 1.29 is 19.6 Å². The van der Waals surface area contributed by atoms with Crippen molar-refractivity contribution >= 4 is 17.6 Å². The summed E-state index contributed by atoms with van der Waals surface area (Å²) in [6.45, 7) is 5.72. The molecule has 2 aromatic rings. The first-order valence-electron chi connectivity index (χ1n) is 8.08. The number of carbonyl (C=O) groups excluding carboxylic acids is 1. The van der Waals surface area contributed by atoms with Gasteiger partial charge in [-0.05, 0) is 50.1 Å². The number of carboxylic acid groups (broad SMARTS) is 1. The zero-order valence-electron chi connectivity index (χ0n) is 14.8. The van der Waals surface area contributed by atoms with Crippen molar-refractivity contribution in [2.45, 2.75) is 33.4 Å². The largest absolute Gasteiger partial charge is 0.478 e. The van der Waals surface area contributed by atoms with Crippen LogP contribution in [0.2, 0.25) is 0 Å². The molecule has 0 aliphatic rings. The van der Waals surface area contributed by atoms with Gasteiger partial charge in [0.05, 0.1) is 10.5 Å². The molecule has 2 rings (SSSR count). The normalized spacial score (nSPS) is 10.6. The molecule has 2 aromatic carbocycles. The second-order valence-electron chi connectivity index (χ2n) is 6.34. The van der Waals surface area contributed by atoms with Gasteiger partial charge in [0.2, 0.25) is 0 Å². The maximum atomic E-state index is 12.9. The van der Waals surface area contributed by atoms with Crippen LogP contribution in [-0.2, 0) is 6.54 Å². The molecule has 0 aliphatic carbocycles. The highest BCUT2D eigenvalue weighted by Crippen LogP contribution is 2.18. The molecule has 1 amide bonds. The summed E-state index contributed by atoms with van der Waals surface area (Å²) >= 11 is 0. The summed E-state index contributed by atoms with van der Waals surface area (Å²) in [5.74, 6) is -1.38. The van der Waals surface area contributed by atoms with Crippen molar-refractivity contribution in [3.8, 4) is 0 Å². The first-order chi connectivity index (χ1) is 12.2. The number of rotatable bonds is 6. The molecule has 26 heavy (non-hydrogen) atoms. The van der Waals surface area contributed by atoms with Crippen LogP contribution in [-0.4, -0.2) is 32.8 Å². The van der Waals surface area contributed by atoms with Crippen molar-refractivity contribution in [2.75, 3.05) is 0 Å². The van der Waals surface area contributed by atoms with Crippen molar-refractivity contribution in [2.24, 2.45) is 0 Å². The van der Waals surface area contributed by atoms with Crippen molar-refractivity contribution in [3.05, 3.63) is 74.8 Å². The molecule has 0 spiro atoms. The molecule has 0 radical (unpaired) electrons. The minimum Gasteiger partial charge on any atom is -0.478 e. The molecule has 0 saturated heterocycles. The number of benzene rings is 2. The van der Waals surface area contributed by atoms with Crippen molar-refractivity contribution in [1.29, 1.82) is 0 Å². The summed E-state index contributed by atoms with van der Waals surface area (Å²) in [7, 11) is 0. The Morgan fingerprint density at radius 3 is 2.19 bits per heavy atom. The second-order valence-corrected chi connectivity index (χ2v) is 6.34. The monoisotopic (exact) mass is 356 g/mol. The maximum absolute atomic E-state index is 12.9. The number of carboxylic acids is 1. The third-order valence-electron chi connectivity index (χ3n) is 3.96. The van der Waals surface area contributed by atoms with Crippen LogP contribution in [0.1, 0.15) is 45.7 Å². The van der Waals surface area contributed by atoms with Crippen molar-refractivity contribution in [1.82, 2.24) is 4.90 Å². The van der Waals surface area contributed by atoms with Gasteiger partial charge in [0, 0.05) is 30.3 Å². The first kappa shape index (κ1) is 19.1. The van der Waals surface area contributed by atoms with E-state index in [-0.39, 0.29) is 29.7 Å². The van der Waals surface area contributed by atoms with E-state index >= 15 is 0 Å². The Morgan fingerprint density at radius 1 is 1.12 bits per heavy atom. The Labute approximate surface area is 151 Å². The highest BCUT2D eigenvalue weighted by Gasteiger charge is 2.21. The Kier molecular flexibility index (Phi) is 5.71. The Hall–Kier alpha value is -3.22. The fraction of sp³-hybridized carbons (Fsp3) is 0.263. The number of hydrogen-bond acceptors (Lipinski definition) is 4. The molecule has 0 heterocycles. The van der Waals surface area contributed by atoms with Crippen molar-refractivity contribution in [3.63, 3.8) is 0 Å². The van der Waals surface area contributed by atoms with E-state index in [2.05, 4.69) is 0 Å². The average molecular weight is 356 g/mol. The Balaban J connectivity index is 2.30. The molecule has 0 unspecified atom stereocenters. The van der Waals surface area contributed by atoms with Gasteiger partial charge in [-0.2, -0.15) is 0 Å². The predicted molar refractivity (Wildman–Crippen MR) is 96.2 cm³/mol. The quantitative estimate of drug-likeness (QED) is 0.629. The zero-order chi connectivity index (χ0) is 19.4. The number of hydrogen-bond donors (Lipinski definition) is 1. The van der Waals surface area contributed by atoms with Crippen LogP contribution in [0.25, 0.3) is 0 Å². The van der Waals surface area contributed by atoms with Gasteiger partial charge in [-0.25, -0.2) is 4.79 Å². The maximum Gasteiger partial charge on any atom is 0.335 e. The Morgan fingerprint density at radius 2 is 1.69 bits per heavy atom. The van der Waals surface area contributed by atoms with E-state index in [0.29, 0.717) is 11.1 Å². The molecule has 0 saturated carbocycles. The second kappa shape index (κ2) is 7.77. The molecule has 0 fully saturated rings. The molecule has 7 nitrogen and oxygen atoms in total. The van der Waals surface area contributed by atoms with E-state index < -0.39 is 10.9 Å². The lowest BCUT2D eigenvalue weighted by atomic mass is 10.0. The zero-order valence-corrected chi connectivity index (χ0v) is 14.8. The number of nitro benzene ring substituents is 1. The molecule has 136 valence electrons. The number of non-ortho nitro benzene ring substituents is 1. The van der Waals surface area contributed by atoms with E-state index in [4.69, 9.17) is 0 Å². The van der Waals surface area contributed by atoms with Crippen LogP contribution in [0.4, 0.5) is 5.69 Å². The summed E-state index contributed by atoms with van der Waals surface area (Å²) in [5.41, 5.74) is 1.79. The van der Waals surface area contributed by atoms with E-state index in [1.54, 1.807) is 30.0 Å². The SMILES string of the molecule is Cc1cc(C(=O)O)cc(C(=O)N(Cc2ccc([N+](=O)[O-])cc2)C(C)C)c1. The molecular formula is C19H20N2O5. The third kappa shape index (κ3) is 4.44. The van der Waals surface area contributed by atoms with Crippen LogP contribution in [0.3, 0.4) is 0 Å². The van der Waals surface area contributed by atoms with Crippen LogP contribution in [0.5, 0.6) is 0 Å². The molecule has 0 atom stereocenters. The number of carbonyl (C=O) groups is 2. The van der Waals surface area contributed by atoms with Gasteiger partial charge in [-0.3, -0.25) is 14.9 Å². The number of nitrogens with zero attached hydrogens (tertiary/aromatic N) is 2. The summed E-state index contributed by atoms with van der Waals surface area (Å²) in [6.07, 6.45) is 0. The van der Waals surface area contributed by atoms with Gasteiger partial charge in [0.15, 0.2) is 0 Å². The number of amides is 1. The summed E-state index contributed by atoms with van der Waals surface area (Å²) < 4.78 is 0. The topological polar surface area (TPSA) is 101 Å². The van der Waals surface area contributed by atoms with Gasteiger partial charge in [-0.1, -0.05) is 12.1 Å². The average Bonchev–Trinajstić information content (AvgIpc) is 2.58. The Bertz CT molecular complexity index is 844. The van der Waals surface area contributed by atoms with E-state index in [9.17, 15) is 24.8 Å². The molecule has 1 N–H and O–H groups in total. The fourth-order valence-corrected chi connectivity index (χ4v) is 2.60. The first-order valence-corrected chi connectivity index (χ1v) is 8.08. The van der Waals surface area contributed by atoms with E-state index in [1.807, 2.05) is 13.8 Å². The lowest BCUT2D eigenvalue weighted by molar-refractivity contribution is -0.384. The fourth-order valence-electron chi connectivity index (χ4n) is 2.60. The van der Waals surface area contributed by atoms with Crippen LogP contribution < -0.4 is 0 Å². The van der Waals surface area contributed by atoms with Crippen LogP contribution in [0.15, 0.2) is 42.5 Å². The van der Waals surface area contributed by atoms with Gasteiger partial charge in [0.1, 0.15) is 0 Å². The summed E-state index contributed by atoms with van der Waals surface area (Å²) in [4.78, 5) is 36.0. The number of nitro groups is 1. The van der Waals surface area contributed by atoms with Crippen LogP contribution in [0, 0.1) is 17.0 Å². The lowest BCUT2D eigenvalue weighted by Crippen LogP contribution is -2.36. The minimum absolute atomic E-state index is 0.0130. The number of aromatic carboxylic acids is 1. The smallest absolute Gasteiger partial charge is 0.335 e. The lowest BCUT2D eigenvalue weighted by Gasteiger charge is -2.27. The number of aryl methyl sites for hydroxylation is 1. The summed E-state index contributed by atoms with van der Waals surface area (Å²) in [6, 6.07) is 10.4. The highest BCUT2D eigenvalue weighted by atomic mass is 16.6. The molecular weight excluding hydrogens is 336 g/mol. The van der Waals surface area contributed by atoms with E-state index in [1.165, 1.54) is 24.3 Å². The van der Waals surface area contributed by atoms with E-state index in [0.717, 1.165) is 5.56 Å². The van der Waals surface area contributed by atoms with Crippen LogP contribution >= 0.6 is 0 Å². The highest BCUT2D eigenvalue weighted by molar-refractivity contribution is 5.98. The minimum atomic E-state index is -1.09. The molecule has 0 aliphatic heterocycles. The molecule has 7 heteroatoms. The predicted octanol–water partition coefficient (Wildman–Crippen LogP) is 3.65. The third-order valence-corrected chi connectivity index (χ3v) is 3.96. The van der Waals surface area contributed by atoms with Gasteiger partial charge < -0.3 is 10.0 Å². The standard InChI is InChI=1S/C19H20N2O5/c1-12(2)20(11-14-4-6-17(7-5-14)21(25)26)18(22)15-8-13(3)9-16(10-15)19(23)24/h4-10,12H,11H2,1-3H3,(H,23,24). The van der Waals surface area contributed by atoms with Gasteiger partial charge in [-0.15, -0.1) is 0 Å².